The molecule has 1 unspecified atom stereocenters. The Morgan fingerprint density at radius 1 is 1.19 bits per heavy atom. The maximum atomic E-state index is 11.0. The van der Waals surface area contributed by atoms with Crippen LogP contribution in [0.5, 0.6) is 0 Å². The Hall–Kier alpha value is -1.50. The zero-order valence-electron chi connectivity index (χ0n) is 8.40. The Labute approximate surface area is 96.8 Å². The van der Waals surface area contributed by atoms with Crippen LogP contribution in [0.1, 0.15) is 6.42 Å². The lowest BCUT2D eigenvalue weighted by Crippen LogP contribution is -2.41. The summed E-state index contributed by atoms with van der Waals surface area (Å²) in [7, 11) is 0. The highest BCUT2D eigenvalue weighted by Gasteiger charge is 2.21. The molecule has 0 bridgehead atoms. The third-order valence-electron chi connectivity index (χ3n) is 1.66. The van der Waals surface area contributed by atoms with Gasteiger partial charge in [0.05, 0.1) is 12.3 Å². The van der Waals surface area contributed by atoms with E-state index in [1.165, 1.54) is 0 Å². The summed E-state index contributed by atoms with van der Waals surface area (Å²) in [5, 5.41) is 21.7. The molecule has 0 aromatic heterocycles. The van der Waals surface area contributed by atoms with E-state index in [4.69, 9.17) is 21.8 Å². The van der Waals surface area contributed by atoms with Crippen molar-refractivity contribution < 1.29 is 24.6 Å². The largest absolute Gasteiger partial charge is 0.481 e. The fraction of sp³-hybridized carbons (Fsp3) is 0.625. The Kier molecular flexibility index (Phi) is 7.02. The summed E-state index contributed by atoms with van der Waals surface area (Å²) >= 11 is 5.31. The predicted octanol–water partition coefficient (Wildman–Crippen LogP) is -0.300. The van der Waals surface area contributed by atoms with Crippen molar-refractivity contribution in [1.82, 2.24) is 10.6 Å². The molecule has 2 amide bonds. The molecule has 0 fully saturated rings. The molecule has 0 spiro atoms. The molecule has 0 aliphatic heterocycles. The maximum absolute atomic E-state index is 11.0. The molecule has 0 saturated heterocycles. The van der Waals surface area contributed by atoms with Crippen LogP contribution >= 0.6 is 11.6 Å². The Morgan fingerprint density at radius 3 is 2.25 bits per heavy atom. The van der Waals surface area contributed by atoms with Crippen molar-refractivity contribution in [3.8, 4) is 0 Å². The van der Waals surface area contributed by atoms with Gasteiger partial charge in [-0.05, 0) is 0 Å². The first-order valence-electron chi connectivity index (χ1n) is 4.49. The van der Waals surface area contributed by atoms with E-state index in [2.05, 4.69) is 10.6 Å². The van der Waals surface area contributed by atoms with Crippen molar-refractivity contribution in [2.75, 3.05) is 19.0 Å². The summed E-state index contributed by atoms with van der Waals surface area (Å²) in [5.74, 6) is -3.39. The average molecular weight is 253 g/mol. The second-order valence-corrected chi connectivity index (χ2v) is 3.34. The van der Waals surface area contributed by atoms with Crippen molar-refractivity contribution in [3.63, 3.8) is 0 Å². The van der Waals surface area contributed by atoms with E-state index < -0.39 is 30.3 Å². The first-order chi connectivity index (χ1) is 7.47. The Bertz CT molecular complexity index is 271. The normalized spacial score (nSPS) is 11.6. The average Bonchev–Trinajstić information content (AvgIpc) is 2.20. The van der Waals surface area contributed by atoms with E-state index in [0.29, 0.717) is 0 Å². The van der Waals surface area contributed by atoms with Crippen LogP contribution in [0.4, 0.5) is 4.79 Å². The topological polar surface area (TPSA) is 116 Å². The van der Waals surface area contributed by atoms with Crippen LogP contribution in [-0.2, 0) is 9.59 Å². The highest BCUT2D eigenvalue weighted by molar-refractivity contribution is 6.18. The van der Waals surface area contributed by atoms with Gasteiger partial charge in [-0.1, -0.05) is 0 Å². The number of carboxylic acid groups (broad SMARTS) is 2. The Balaban J connectivity index is 3.97. The van der Waals surface area contributed by atoms with Crippen LogP contribution in [0, 0.1) is 5.92 Å². The molecule has 0 aromatic carbocycles. The molecule has 0 saturated carbocycles. The second-order valence-electron chi connectivity index (χ2n) is 2.96. The van der Waals surface area contributed by atoms with Crippen molar-refractivity contribution in [2.45, 2.75) is 6.42 Å². The zero-order valence-corrected chi connectivity index (χ0v) is 9.16. The lowest BCUT2D eigenvalue weighted by atomic mass is 10.1. The lowest BCUT2D eigenvalue weighted by Gasteiger charge is -2.11. The van der Waals surface area contributed by atoms with Gasteiger partial charge in [0.2, 0.25) is 0 Å². The number of carboxylic acids is 2. The highest BCUT2D eigenvalue weighted by Crippen LogP contribution is 2.01. The van der Waals surface area contributed by atoms with Gasteiger partial charge in [-0.3, -0.25) is 9.59 Å². The number of hydrogen-bond donors (Lipinski definition) is 4. The van der Waals surface area contributed by atoms with E-state index in [-0.39, 0.29) is 19.0 Å². The van der Waals surface area contributed by atoms with E-state index in [1.807, 2.05) is 0 Å². The molecule has 0 aliphatic carbocycles. The van der Waals surface area contributed by atoms with E-state index >= 15 is 0 Å². The van der Waals surface area contributed by atoms with Crippen LogP contribution in [-0.4, -0.2) is 47.2 Å². The summed E-state index contributed by atoms with van der Waals surface area (Å²) in [4.78, 5) is 31.9. The number of aliphatic carboxylic acids is 2. The molecule has 92 valence electrons. The van der Waals surface area contributed by atoms with Crippen LogP contribution < -0.4 is 10.6 Å². The Morgan fingerprint density at radius 2 is 1.81 bits per heavy atom. The monoisotopic (exact) mass is 252 g/mol. The molecular weight excluding hydrogens is 240 g/mol. The lowest BCUT2D eigenvalue weighted by molar-refractivity contribution is -0.148. The number of urea groups is 1. The maximum Gasteiger partial charge on any atom is 0.314 e. The number of alkyl halides is 1. The smallest absolute Gasteiger partial charge is 0.314 e. The van der Waals surface area contributed by atoms with Gasteiger partial charge in [0.25, 0.3) is 0 Å². The van der Waals surface area contributed by atoms with Gasteiger partial charge in [-0.25, -0.2) is 4.79 Å². The molecule has 0 heterocycles. The summed E-state index contributed by atoms with van der Waals surface area (Å²) in [5.41, 5.74) is 0. The van der Waals surface area contributed by atoms with Crippen molar-refractivity contribution >= 4 is 29.6 Å². The molecule has 0 radical (unpaired) electrons. The van der Waals surface area contributed by atoms with Crippen LogP contribution in [0.25, 0.3) is 0 Å². The summed E-state index contributed by atoms with van der Waals surface area (Å²) in [6, 6.07) is -0.572. The van der Waals surface area contributed by atoms with Crippen molar-refractivity contribution in [3.05, 3.63) is 0 Å². The number of carbonyl (C=O) groups excluding carboxylic acids is 1. The molecule has 0 aliphatic rings. The highest BCUT2D eigenvalue weighted by atomic mass is 35.5. The molecule has 16 heavy (non-hydrogen) atoms. The zero-order chi connectivity index (χ0) is 12.6. The minimum absolute atomic E-state index is 0.240. The van der Waals surface area contributed by atoms with Gasteiger partial charge in [-0.15, -0.1) is 11.6 Å². The van der Waals surface area contributed by atoms with Gasteiger partial charge in [0, 0.05) is 19.0 Å². The molecule has 0 aromatic rings. The first-order valence-corrected chi connectivity index (χ1v) is 5.03. The van der Waals surface area contributed by atoms with E-state index in [9.17, 15) is 14.4 Å². The van der Waals surface area contributed by atoms with Gasteiger partial charge < -0.3 is 20.8 Å². The number of carbonyl (C=O) groups is 3. The van der Waals surface area contributed by atoms with E-state index in [0.717, 1.165) is 0 Å². The van der Waals surface area contributed by atoms with Crippen LogP contribution in [0.2, 0.25) is 0 Å². The fourth-order valence-corrected chi connectivity index (χ4v) is 0.991. The molecule has 8 heteroatoms. The fourth-order valence-electron chi connectivity index (χ4n) is 0.897. The summed E-state index contributed by atoms with van der Waals surface area (Å²) in [6.45, 7) is 0.0137. The number of halogens is 1. The number of rotatable bonds is 7. The van der Waals surface area contributed by atoms with Gasteiger partial charge in [0.1, 0.15) is 0 Å². The van der Waals surface area contributed by atoms with Crippen LogP contribution in [0.15, 0.2) is 0 Å². The quantitative estimate of drug-likeness (QED) is 0.464. The minimum Gasteiger partial charge on any atom is -0.481 e. The standard InChI is InChI=1S/C8H13ClN2O5/c9-1-2-10-8(16)11-4-5(7(14)15)3-6(12)13/h5H,1-4H2,(H,12,13)(H,14,15)(H2,10,11,16). The number of amides is 2. The minimum atomic E-state index is -1.26. The van der Waals surface area contributed by atoms with E-state index in [1.54, 1.807) is 0 Å². The molecule has 1 atom stereocenters. The third-order valence-corrected chi connectivity index (χ3v) is 1.85. The SMILES string of the molecule is O=C(O)CC(CNC(=O)NCCCl)C(=O)O. The van der Waals surface area contributed by atoms with Crippen molar-refractivity contribution in [2.24, 2.45) is 5.92 Å². The van der Waals surface area contributed by atoms with Gasteiger partial charge >= 0.3 is 18.0 Å². The third kappa shape index (κ3) is 6.88. The number of nitrogens with one attached hydrogen (secondary N) is 2. The second kappa shape index (κ2) is 7.75. The first kappa shape index (κ1) is 14.5. The van der Waals surface area contributed by atoms with Crippen LogP contribution in [0.3, 0.4) is 0 Å². The molecule has 7 nitrogen and oxygen atoms in total. The summed E-state index contributed by atoms with van der Waals surface area (Å²) in [6.07, 6.45) is -0.537. The molecular formula is C8H13ClN2O5. The molecule has 4 N–H and O–H groups in total. The van der Waals surface area contributed by atoms with Gasteiger partial charge in [0.15, 0.2) is 0 Å². The van der Waals surface area contributed by atoms with Crippen molar-refractivity contribution in [1.29, 1.82) is 0 Å². The summed E-state index contributed by atoms with van der Waals surface area (Å²) < 4.78 is 0. The number of hydrogen-bond acceptors (Lipinski definition) is 3. The van der Waals surface area contributed by atoms with Gasteiger partial charge in [-0.2, -0.15) is 0 Å². The predicted molar refractivity (Wildman–Crippen MR) is 55.5 cm³/mol. The molecule has 0 rings (SSSR count).